The number of nitriles is 1. The van der Waals surface area contributed by atoms with Crippen molar-refractivity contribution in [3.63, 3.8) is 0 Å². The third-order valence-corrected chi connectivity index (χ3v) is 3.64. The largest absolute Gasteiger partial charge is 0.462 e. The van der Waals surface area contributed by atoms with Crippen molar-refractivity contribution in [3.8, 4) is 6.07 Å². The van der Waals surface area contributed by atoms with Crippen LogP contribution in [0.1, 0.15) is 28.8 Å². The maximum atomic E-state index is 12.0. The maximum absolute atomic E-state index is 12.0. The van der Waals surface area contributed by atoms with Gasteiger partial charge in [0, 0.05) is 11.8 Å². The van der Waals surface area contributed by atoms with Gasteiger partial charge < -0.3 is 25.5 Å². The number of rotatable bonds is 7. The Labute approximate surface area is 171 Å². The third-order valence-electron chi connectivity index (χ3n) is 3.64. The van der Waals surface area contributed by atoms with Crippen LogP contribution in [0, 0.1) is 11.3 Å². The molecule has 10 heteroatoms. The van der Waals surface area contributed by atoms with Crippen LogP contribution in [0.25, 0.3) is 6.08 Å². The van der Waals surface area contributed by atoms with E-state index in [-0.39, 0.29) is 24.5 Å². The lowest BCUT2D eigenvalue weighted by Gasteiger charge is -2.07. The molecule has 0 fully saturated rings. The predicted molar refractivity (Wildman–Crippen MR) is 104 cm³/mol. The molecule has 1 aromatic carbocycles. The van der Waals surface area contributed by atoms with E-state index in [1.807, 2.05) is 0 Å². The molecule has 1 heterocycles. The summed E-state index contributed by atoms with van der Waals surface area (Å²) >= 11 is 0. The summed E-state index contributed by atoms with van der Waals surface area (Å²) in [5, 5.41) is 13.6. The van der Waals surface area contributed by atoms with E-state index in [9.17, 15) is 19.2 Å². The number of nitrogens with zero attached hydrogens (tertiary/aromatic N) is 1. The zero-order valence-electron chi connectivity index (χ0n) is 15.9. The highest BCUT2D eigenvalue weighted by Gasteiger charge is 2.15. The van der Waals surface area contributed by atoms with E-state index in [1.165, 1.54) is 42.5 Å². The number of nitrogens with one attached hydrogen (secondary N) is 2. The number of benzene rings is 1. The summed E-state index contributed by atoms with van der Waals surface area (Å²) in [6.45, 7) is 1.84. The van der Waals surface area contributed by atoms with Gasteiger partial charge in [-0.15, -0.1) is 0 Å². The summed E-state index contributed by atoms with van der Waals surface area (Å²) < 4.78 is 10.2. The normalized spacial score (nSPS) is 10.6. The van der Waals surface area contributed by atoms with Crippen LogP contribution in [0.3, 0.4) is 0 Å². The van der Waals surface area contributed by atoms with E-state index in [2.05, 4.69) is 10.6 Å². The molecule has 0 radical (unpaired) electrons. The van der Waals surface area contributed by atoms with Gasteiger partial charge in [0.2, 0.25) is 0 Å². The fourth-order valence-electron chi connectivity index (χ4n) is 2.21. The summed E-state index contributed by atoms with van der Waals surface area (Å²) in [5.41, 5.74) is 5.39. The smallest absolute Gasteiger partial charge is 0.338 e. The van der Waals surface area contributed by atoms with Gasteiger partial charge in [0.15, 0.2) is 0 Å². The highest BCUT2D eigenvalue weighted by atomic mass is 16.5. The molecule has 2 aromatic rings. The van der Waals surface area contributed by atoms with Crippen LogP contribution in [0.15, 0.2) is 46.4 Å². The monoisotopic (exact) mass is 410 g/mol. The lowest BCUT2D eigenvalue weighted by molar-refractivity contribution is -0.136. The average molecular weight is 410 g/mol. The number of amides is 3. The number of esters is 1. The molecule has 0 bridgehead atoms. The van der Waals surface area contributed by atoms with Gasteiger partial charge in [-0.25, -0.2) is 4.79 Å². The molecule has 0 aliphatic carbocycles. The highest BCUT2D eigenvalue weighted by Crippen LogP contribution is 2.12. The van der Waals surface area contributed by atoms with E-state index in [0.717, 1.165) is 0 Å². The van der Waals surface area contributed by atoms with Gasteiger partial charge in [-0.3, -0.25) is 14.4 Å². The van der Waals surface area contributed by atoms with Crippen LogP contribution in [0.5, 0.6) is 0 Å². The zero-order chi connectivity index (χ0) is 22.1. The number of nitrogens with two attached hydrogens (primary N) is 1. The Morgan fingerprint density at radius 2 is 1.83 bits per heavy atom. The topological polar surface area (TPSA) is 165 Å². The highest BCUT2D eigenvalue weighted by molar-refractivity contribution is 6.39. The van der Waals surface area contributed by atoms with E-state index >= 15 is 0 Å². The second-order valence-electron chi connectivity index (χ2n) is 5.77. The Kier molecular flexibility index (Phi) is 7.47. The van der Waals surface area contributed by atoms with Crippen LogP contribution in [-0.2, 0) is 25.7 Å². The second kappa shape index (κ2) is 10.2. The molecule has 154 valence electrons. The first-order valence-electron chi connectivity index (χ1n) is 8.70. The van der Waals surface area contributed by atoms with Gasteiger partial charge in [0.1, 0.15) is 23.2 Å². The molecular weight excluding hydrogens is 392 g/mol. The minimum atomic E-state index is -0.911. The number of ether oxygens (including phenoxy) is 1. The quantitative estimate of drug-likeness (QED) is 0.266. The lowest BCUT2D eigenvalue weighted by atomic mass is 10.2. The van der Waals surface area contributed by atoms with E-state index in [1.54, 1.807) is 13.0 Å². The van der Waals surface area contributed by atoms with Crippen LogP contribution >= 0.6 is 0 Å². The number of carbonyl (C=O) groups excluding carboxylic acids is 4. The molecule has 0 spiro atoms. The standard InChI is InChI=1S/C20H18N4O6/c1-2-29-20(28)12-3-5-14(6-4-12)24-19(27)18(26)23-11-16-8-7-15(30-16)9-13(10-21)17(22)25/h3-9H,2,11H2,1H3,(H2,22,25)(H,23,26)(H,24,27)/b13-9-. The van der Waals surface area contributed by atoms with Gasteiger partial charge in [-0.1, -0.05) is 0 Å². The van der Waals surface area contributed by atoms with Crippen molar-refractivity contribution in [2.24, 2.45) is 5.73 Å². The summed E-state index contributed by atoms with van der Waals surface area (Å²) in [4.78, 5) is 46.5. The second-order valence-corrected chi connectivity index (χ2v) is 5.77. The van der Waals surface area contributed by atoms with Crippen molar-refractivity contribution in [2.45, 2.75) is 13.5 Å². The summed E-state index contributed by atoms with van der Waals surface area (Å²) in [6.07, 6.45) is 1.17. The average Bonchev–Trinajstić information content (AvgIpc) is 3.18. The van der Waals surface area contributed by atoms with Crippen LogP contribution < -0.4 is 16.4 Å². The minimum Gasteiger partial charge on any atom is -0.462 e. The molecule has 4 N–H and O–H groups in total. The van der Waals surface area contributed by atoms with Gasteiger partial charge >= 0.3 is 17.8 Å². The molecular formula is C20H18N4O6. The first kappa shape index (κ1) is 21.9. The fraction of sp³-hybridized carbons (Fsp3) is 0.150. The Morgan fingerprint density at radius 1 is 1.13 bits per heavy atom. The molecule has 1 aromatic heterocycles. The first-order valence-corrected chi connectivity index (χ1v) is 8.70. The molecule has 0 aliphatic heterocycles. The van der Waals surface area contributed by atoms with Crippen LogP contribution in [-0.4, -0.2) is 30.3 Å². The molecule has 10 nitrogen and oxygen atoms in total. The molecule has 3 amide bonds. The van der Waals surface area contributed by atoms with Crippen molar-refractivity contribution < 1.29 is 28.3 Å². The molecule has 0 atom stereocenters. The number of primary amides is 1. The zero-order valence-corrected chi connectivity index (χ0v) is 15.9. The van der Waals surface area contributed by atoms with E-state index in [0.29, 0.717) is 17.0 Å². The molecule has 0 unspecified atom stereocenters. The Balaban J connectivity index is 1.90. The number of carbonyl (C=O) groups is 4. The fourth-order valence-corrected chi connectivity index (χ4v) is 2.21. The van der Waals surface area contributed by atoms with Crippen molar-refractivity contribution in [2.75, 3.05) is 11.9 Å². The van der Waals surface area contributed by atoms with E-state index in [4.69, 9.17) is 20.1 Å². The van der Waals surface area contributed by atoms with E-state index < -0.39 is 23.7 Å². The lowest BCUT2D eigenvalue weighted by Crippen LogP contribution is -2.34. The third kappa shape index (κ3) is 6.07. The Morgan fingerprint density at radius 3 is 2.43 bits per heavy atom. The summed E-state index contributed by atoms with van der Waals surface area (Å²) in [6, 6.07) is 10.5. The number of anilines is 1. The molecule has 30 heavy (non-hydrogen) atoms. The Bertz CT molecular complexity index is 1030. The Hall–Kier alpha value is -4.39. The van der Waals surface area contributed by atoms with Gasteiger partial charge in [-0.2, -0.15) is 5.26 Å². The SMILES string of the molecule is CCOC(=O)c1ccc(NC(=O)C(=O)NCc2ccc(/C=C(/C#N)C(N)=O)o2)cc1. The summed E-state index contributed by atoms with van der Waals surface area (Å²) in [7, 11) is 0. The molecule has 0 saturated carbocycles. The van der Waals surface area contributed by atoms with Crippen molar-refractivity contribution in [3.05, 3.63) is 59.1 Å². The first-order chi connectivity index (χ1) is 14.3. The minimum absolute atomic E-state index is 0.0969. The van der Waals surface area contributed by atoms with Gasteiger partial charge in [0.05, 0.1) is 18.7 Å². The number of hydrogen-bond acceptors (Lipinski definition) is 7. The molecule has 0 aliphatic rings. The van der Waals surface area contributed by atoms with Crippen molar-refractivity contribution in [1.29, 1.82) is 5.26 Å². The molecule has 0 saturated heterocycles. The van der Waals surface area contributed by atoms with Gasteiger partial charge in [-0.05, 0) is 43.3 Å². The van der Waals surface area contributed by atoms with Crippen molar-refractivity contribution in [1.82, 2.24) is 5.32 Å². The number of hydrogen-bond donors (Lipinski definition) is 3. The van der Waals surface area contributed by atoms with Crippen LogP contribution in [0.4, 0.5) is 5.69 Å². The van der Waals surface area contributed by atoms with Crippen molar-refractivity contribution >= 4 is 35.5 Å². The molecule has 2 rings (SSSR count). The number of furan rings is 1. The van der Waals surface area contributed by atoms with Gasteiger partial charge in [0.25, 0.3) is 5.91 Å². The summed E-state index contributed by atoms with van der Waals surface area (Å²) in [5.74, 6) is -2.71. The van der Waals surface area contributed by atoms with Crippen LogP contribution in [0.2, 0.25) is 0 Å². The predicted octanol–water partition coefficient (Wildman–Crippen LogP) is 1.10. The maximum Gasteiger partial charge on any atom is 0.338 e.